The predicted octanol–water partition coefficient (Wildman–Crippen LogP) is 3.14. The quantitative estimate of drug-likeness (QED) is 0.729. The van der Waals surface area contributed by atoms with Crippen LogP contribution in [-0.2, 0) is 20.4 Å². The van der Waals surface area contributed by atoms with Crippen molar-refractivity contribution in [1.82, 2.24) is 0 Å². The van der Waals surface area contributed by atoms with Gasteiger partial charge in [-0.3, -0.25) is 4.79 Å². The standard InChI is InChI=1S/C17H28N2O3S.ClH/c1-5-17(6-2,12-18)16(20)19-15-9-7-8-14(10-15)11-23(21,22)13(3)4;/h7-10,13H,5-6,11-12,18H2,1-4H3,(H,19,20);1H. The third-order valence-corrected chi connectivity index (χ3v) is 6.67. The Balaban J connectivity index is 0.00000529. The second kappa shape index (κ2) is 9.39. The van der Waals surface area contributed by atoms with E-state index in [2.05, 4.69) is 5.32 Å². The van der Waals surface area contributed by atoms with E-state index in [1.165, 1.54) is 0 Å². The summed E-state index contributed by atoms with van der Waals surface area (Å²) in [5, 5.41) is 2.45. The van der Waals surface area contributed by atoms with Crippen molar-refractivity contribution in [2.45, 2.75) is 51.5 Å². The number of halogens is 1. The Kier molecular flexibility index (Phi) is 8.96. The molecular formula is C17H29ClN2O3S. The minimum Gasteiger partial charge on any atom is -0.329 e. The number of hydrogen-bond acceptors (Lipinski definition) is 4. The molecule has 0 bridgehead atoms. The summed E-state index contributed by atoms with van der Waals surface area (Å²) in [6, 6.07) is 6.98. The van der Waals surface area contributed by atoms with Gasteiger partial charge in [0.1, 0.15) is 0 Å². The van der Waals surface area contributed by atoms with Crippen molar-refractivity contribution < 1.29 is 13.2 Å². The van der Waals surface area contributed by atoms with Crippen molar-refractivity contribution in [2.75, 3.05) is 11.9 Å². The fourth-order valence-corrected chi connectivity index (χ4v) is 3.33. The average Bonchev–Trinajstić information content (AvgIpc) is 2.49. The normalized spacial score (nSPS) is 11.9. The first-order valence-corrected chi connectivity index (χ1v) is 9.74. The summed E-state index contributed by atoms with van der Waals surface area (Å²) in [7, 11) is -3.17. The highest BCUT2D eigenvalue weighted by Crippen LogP contribution is 2.27. The van der Waals surface area contributed by atoms with Gasteiger partial charge in [0.2, 0.25) is 5.91 Å². The molecule has 0 radical (unpaired) electrons. The molecule has 0 heterocycles. The van der Waals surface area contributed by atoms with Crippen LogP contribution >= 0.6 is 12.4 Å². The topological polar surface area (TPSA) is 89.3 Å². The average molecular weight is 377 g/mol. The Morgan fingerprint density at radius 2 is 1.83 bits per heavy atom. The van der Waals surface area contributed by atoms with Crippen molar-refractivity contribution >= 4 is 33.8 Å². The van der Waals surface area contributed by atoms with E-state index in [0.717, 1.165) is 0 Å². The van der Waals surface area contributed by atoms with Crippen LogP contribution in [-0.4, -0.2) is 26.1 Å². The molecule has 0 aromatic heterocycles. The number of hydrogen-bond donors (Lipinski definition) is 2. The van der Waals surface area contributed by atoms with Gasteiger partial charge >= 0.3 is 0 Å². The number of carbonyl (C=O) groups excluding carboxylic acids is 1. The number of nitrogens with one attached hydrogen (secondary N) is 1. The monoisotopic (exact) mass is 376 g/mol. The zero-order chi connectivity index (χ0) is 17.7. The van der Waals surface area contributed by atoms with Gasteiger partial charge in [0.25, 0.3) is 0 Å². The summed E-state index contributed by atoms with van der Waals surface area (Å²) < 4.78 is 24.1. The first-order chi connectivity index (χ1) is 10.7. The summed E-state index contributed by atoms with van der Waals surface area (Å²) >= 11 is 0. The van der Waals surface area contributed by atoms with Crippen LogP contribution in [0.3, 0.4) is 0 Å². The molecule has 0 spiro atoms. The molecule has 1 aromatic carbocycles. The molecule has 1 amide bonds. The van der Waals surface area contributed by atoms with Crippen LogP contribution in [0.2, 0.25) is 0 Å². The Labute approximate surface area is 151 Å². The predicted molar refractivity (Wildman–Crippen MR) is 102 cm³/mol. The molecule has 0 aliphatic rings. The summed E-state index contributed by atoms with van der Waals surface area (Å²) in [5.74, 6) is -0.147. The van der Waals surface area contributed by atoms with Crippen molar-refractivity contribution in [3.05, 3.63) is 29.8 Å². The highest BCUT2D eigenvalue weighted by molar-refractivity contribution is 7.91. The highest BCUT2D eigenvalue weighted by atomic mass is 35.5. The summed E-state index contributed by atoms with van der Waals surface area (Å²) in [5.41, 5.74) is 6.48. The van der Waals surface area contributed by atoms with Crippen LogP contribution in [0.5, 0.6) is 0 Å². The molecule has 138 valence electrons. The highest BCUT2D eigenvalue weighted by Gasteiger charge is 2.33. The summed E-state index contributed by atoms with van der Waals surface area (Å²) in [6.45, 7) is 7.51. The summed E-state index contributed by atoms with van der Waals surface area (Å²) in [6.07, 6.45) is 1.32. The minimum absolute atomic E-state index is 0. The molecule has 3 N–H and O–H groups in total. The number of anilines is 1. The van der Waals surface area contributed by atoms with E-state index in [0.29, 0.717) is 24.1 Å². The van der Waals surface area contributed by atoms with Crippen molar-refractivity contribution in [3.63, 3.8) is 0 Å². The molecule has 0 aliphatic carbocycles. The lowest BCUT2D eigenvalue weighted by molar-refractivity contribution is -0.125. The van der Waals surface area contributed by atoms with E-state index in [4.69, 9.17) is 5.73 Å². The van der Waals surface area contributed by atoms with E-state index in [9.17, 15) is 13.2 Å². The fraction of sp³-hybridized carbons (Fsp3) is 0.588. The molecule has 5 nitrogen and oxygen atoms in total. The molecule has 24 heavy (non-hydrogen) atoms. The maximum absolute atomic E-state index is 12.5. The molecule has 1 rings (SSSR count). The molecule has 7 heteroatoms. The van der Waals surface area contributed by atoms with E-state index >= 15 is 0 Å². The molecule has 0 saturated carbocycles. The van der Waals surface area contributed by atoms with Crippen LogP contribution in [0.1, 0.15) is 46.1 Å². The maximum atomic E-state index is 12.5. The molecule has 0 aliphatic heterocycles. The van der Waals surface area contributed by atoms with E-state index < -0.39 is 20.5 Å². The van der Waals surface area contributed by atoms with Crippen molar-refractivity contribution in [1.29, 1.82) is 0 Å². The Hall–Kier alpha value is -1.11. The molecule has 0 fully saturated rings. The Morgan fingerprint density at radius 3 is 2.29 bits per heavy atom. The van der Waals surface area contributed by atoms with Gasteiger partial charge < -0.3 is 11.1 Å². The second-order valence-corrected chi connectivity index (χ2v) is 8.76. The SMILES string of the molecule is CCC(CC)(CN)C(=O)Nc1cccc(CS(=O)(=O)C(C)C)c1.Cl. The Bertz CT molecular complexity index is 633. The first-order valence-electron chi connectivity index (χ1n) is 8.02. The molecule has 0 atom stereocenters. The van der Waals surface area contributed by atoms with Crippen molar-refractivity contribution in [2.24, 2.45) is 11.1 Å². The molecule has 1 aromatic rings. The molecule has 0 saturated heterocycles. The minimum atomic E-state index is -3.17. The summed E-state index contributed by atoms with van der Waals surface area (Å²) in [4.78, 5) is 12.5. The van der Waals surface area contributed by atoms with E-state index in [1.54, 1.807) is 38.1 Å². The first kappa shape index (κ1) is 22.9. The van der Waals surface area contributed by atoms with E-state index in [1.807, 2.05) is 13.8 Å². The lowest BCUT2D eigenvalue weighted by atomic mass is 9.81. The van der Waals surface area contributed by atoms with Gasteiger partial charge in [-0.05, 0) is 44.4 Å². The lowest BCUT2D eigenvalue weighted by Gasteiger charge is -2.28. The number of sulfone groups is 1. The van der Waals surface area contributed by atoms with Crippen LogP contribution in [0.4, 0.5) is 5.69 Å². The number of benzene rings is 1. The zero-order valence-electron chi connectivity index (χ0n) is 14.8. The lowest BCUT2D eigenvalue weighted by Crippen LogP contribution is -2.41. The zero-order valence-corrected chi connectivity index (χ0v) is 16.5. The number of carbonyl (C=O) groups is 1. The molecular weight excluding hydrogens is 348 g/mol. The third-order valence-electron chi connectivity index (χ3n) is 4.50. The van der Waals surface area contributed by atoms with Gasteiger partial charge in [0, 0.05) is 12.2 Å². The van der Waals surface area contributed by atoms with Crippen molar-refractivity contribution in [3.8, 4) is 0 Å². The van der Waals surface area contributed by atoms with Crippen LogP contribution in [0, 0.1) is 5.41 Å². The third kappa shape index (κ3) is 5.46. The van der Waals surface area contributed by atoms with Gasteiger partial charge in [-0.25, -0.2) is 8.42 Å². The van der Waals surface area contributed by atoms with Gasteiger partial charge in [-0.15, -0.1) is 12.4 Å². The largest absolute Gasteiger partial charge is 0.329 e. The number of rotatable bonds is 8. The van der Waals surface area contributed by atoms with Crippen LogP contribution in [0.25, 0.3) is 0 Å². The number of nitrogens with two attached hydrogens (primary N) is 1. The fourth-order valence-electron chi connectivity index (χ4n) is 2.35. The van der Waals surface area contributed by atoms with Crippen LogP contribution < -0.4 is 11.1 Å². The van der Waals surface area contributed by atoms with E-state index in [-0.39, 0.29) is 30.6 Å². The maximum Gasteiger partial charge on any atom is 0.231 e. The van der Waals surface area contributed by atoms with Gasteiger partial charge in [-0.1, -0.05) is 26.0 Å². The van der Waals surface area contributed by atoms with Gasteiger partial charge in [0.05, 0.1) is 16.4 Å². The smallest absolute Gasteiger partial charge is 0.231 e. The van der Waals surface area contributed by atoms with Crippen LogP contribution in [0.15, 0.2) is 24.3 Å². The Morgan fingerprint density at radius 1 is 1.25 bits per heavy atom. The second-order valence-electron chi connectivity index (χ2n) is 6.20. The van der Waals surface area contributed by atoms with Gasteiger partial charge in [0.15, 0.2) is 9.84 Å². The molecule has 0 unspecified atom stereocenters. The number of amides is 1. The van der Waals surface area contributed by atoms with Gasteiger partial charge in [-0.2, -0.15) is 0 Å².